The van der Waals surface area contributed by atoms with Gasteiger partial charge in [0.05, 0.1) is 0 Å². The van der Waals surface area contributed by atoms with Crippen LogP contribution in [0.4, 0.5) is 0 Å². The molecule has 1 aromatic rings. The highest BCUT2D eigenvalue weighted by atomic mass is 32.1. The zero-order chi connectivity index (χ0) is 12.9. The van der Waals surface area contributed by atoms with E-state index in [1.807, 2.05) is 0 Å². The summed E-state index contributed by atoms with van der Waals surface area (Å²) in [5.74, 6) is 0.763. The van der Waals surface area contributed by atoms with Crippen molar-refractivity contribution in [1.82, 2.24) is 5.32 Å². The van der Waals surface area contributed by atoms with Crippen LogP contribution in [0.15, 0.2) is 16.8 Å². The number of hydrogen-bond donors (Lipinski definition) is 1. The van der Waals surface area contributed by atoms with Crippen molar-refractivity contribution in [3.8, 4) is 0 Å². The van der Waals surface area contributed by atoms with Crippen LogP contribution in [0, 0.1) is 11.3 Å². The number of hydrogen-bond acceptors (Lipinski definition) is 2. The van der Waals surface area contributed by atoms with Gasteiger partial charge in [0, 0.05) is 6.04 Å². The molecule has 17 heavy (non-hydrogen) atoms. The Hall–Kier alpha value is -0.340. The Balaban J connectivity index is 2.55. The second-order valence-corrected chi connectivity index (χ2v) is 7.05. The molecule has 1 heterocycles. The zero-order valence-corrected chi connectivity index (χ0v) is 12.7. The maximum atomic E-state index is 3.61. The van der Waals surface area contributed by atoms with Crippen LogP contribution in [0.2, 0.25) is 0 Å². The molecule has 0 aliphatic rings. The van der Waals surface area contributed by atoms with Crippen molar-refractivity contribution >= 4 is 11.3 Å². The molecule has 1 aromatic heterocycles. The maximum Gasteiger partial charge on any atom is 0.0330 e. The van der Waals surface area contributed by atoms with Gasteiger partial charge in [-0.05, 0) is 53.1 Å². The summed E-state index contributed by atoms with van der Waals surface area (Å²) in [5.41, 5.74) is 1.89. The van der Waals surface area contributed by atoms with E-state index in [4.69, 9.17) is 0 Å². The molecule has 0 aliphatic carbocycles. The van der Waals surface area contributed by atoms with Crippen LogP contribution in [-0.2, 0) is 0 Å². The Morgan fingerprint density at radius 1 is 1.35 bits per heavy atom. The van der Waals surface area contributed by atoms with Crippen LogP contribution in [0.1, 0.15) is 59.1 Å². The number of nitrogens with one attached hydrogen (secondary N) is 1. The van der Waals surface area contributed by atoms with Crippen LogP contribution < -0.4 is 5.32 Å². The van der Waals surface area contributed by atoms with E-state index in [-0.39, 0.29) is 0 Å². The zero-order valence-electron chi connectivity index (χ0n) is 11.9. The summed E-state index contributed by atoms with van der Waals surface area (Å²) in [5, 5.41) is 8.06. The second-order valence-electron chi connectivity index (χ2n) is 6.27. The predicted molar refractivity (Wildman–Crippen MR) is 78.6 cm³/mol. The largest absolute Gasteiger partial charge is 0.310 e. The molecule has 0 bridgehead atoms. The first kappa shape index (κ1) is 14.7. The van der Waals surface area contributed by atoms with Crippen molar-refractivity contribution in [1.29, 1.82) is 0 Å². The van der Waals surface area contributed by atoms with E-state index in [1.54, 1.807) is 11.3 Å². The molecule has 1 N–H and O–H groups in total. The van der Waals surface area contributed by atoms with Gasteiger partial charge in [0.2, 0.25) is 0 Å². The fourth-order valence-electron chi connectivity index (χ4n) is 2.59. The monoisotopic (exact) mass is 253 g/mol. The van der Waals surface area contributed by atoms with Gasteiger partial charge in [0.15, 0.2) is 0 Å². The van der Waals surface area contributed by atoms with Crippen molar-refractivity contribution in [2.24, 2.45) is 11.3 Å². The Labute approximate surface area is 111 Å². The predicted octanol–water partition coefficient (Wildman–Crippen LogP) is 4.86. The maximum absolute atomic E-state index is 3.61. The molecule has 1 nitrogen and oxygen atoms in total. The van der Waals surface area contributed by atoms with Gasteiger partial charge >= 0.3 is 0 Å². The van der Waals surface area contributed by atoms with Gasteiger partial charge in [-0.25, -0.2) is 0 Å². The molecule has 0 amide bonds. The minimum atomic E-state index is 0.435. The molecule has 0 spiro atoms. The third-order valence-electron chi connectivity index (χ3n) is 2.99. The summed E-state index contributed by atoms with van der Waals surface area (Å²) < 4.78 is 0. The Bertz CT molecular complexity index is 297. The van der Waals surface area contributed by atoms with Crippen LogP contribution in [0.3, 0.4) is 0 Å². The highest BCUT2D eigenvalue weighted by Gasteiger charge is 2.19. The molecule has 98 valence electrons. The first-order valence-corrected chi connectivity index (χ1v) is 7.62. The van der Waals surface area contributed by atoms with Gasteiger partial charge in [-0.2, -0.15) is 11.3 Å². The van der Waals surface area contributed by atoms with Gasteiger partial charge in [0.1, 0.15) is 0 Å². The first-order valence-electron chi connectivity index (χ1n) is 6.68. The standard InChI is InChI=1S/C15H27NS/c1-6-16-14(13-7-8-17-11-13)9-12(2)10-15(3,4)5/h7-8,11-12,14,16H,6,9-10H2,1-5H3. The van der Waals surface area contributed by atoms with Gasteiger partial charge in [0.25, 0.3) is 0 Å². The fourth-order valence-corrected chi connectivity index (χ4v) is 3.30. The fraction of sp³-hybridized carbons (Fsp3) is 0.733. The molecule has 0 aromatic carbocycles. The van der Waals surface area contributed by atoms with E-state index in [0.29, 0.717) is 11.5 Å². The second kappa shape index (κ2) is 6.55. The Morgan fingerprint density at radius 3 is 2.53 bits per heavy atom. The van der Waals surface area contributed by atoms with E-state index in [2.05, 4.69) is 56.8 Å². The van der Waals surface area contributed by atoms with Crippen molar-refractivity contribution in [2.45, 2.75) is 53.5 Å². The van der Waals surface area contributed by atoms with Gasteiger partial charge in [-0.3, -0.25) is 0 Å². The Morgan fingerprint density at radius 2 is 2.06 bits per heavy atom. The quantitative estimate of drug-likeness (QED) is 0.763. The summed E-state index contributed by atoms with van der Waals surface area (Å²) in [6.45, 7) is 12.6. The molecule has 0 aliphatic heterocycles. The molecular weight excluding hydrogens is 226 g/mol. The van der Waals surface area contributed by atoms with Crippen LogP contribution >= 0.6 is 11.3 Å². The lowest BCUT2D eigenvalue weighted by Gasteiger charge is -2.27. The van der Waals surface area contributed by atoms with Gasteiger partial charge < -0.3 is 5.32 Å². The molecular formula is C15H27NS. The lowest BCUT2D eigenvalue weighted by atomic mass is 9.82. The van der Waals surface area contributed by atoms with E-state index in [0.717, 1.165) is 12.5 Å². The van der Waals surface area contributed by atoms with Gasteiger partial charge in [-0.1, -0.05) is 34.6 Å². The molecule has 0 fully saturated rings. The summed E-state index contributed by atoms with van der Waals surface area (Å²) in [4.78, 5) is 0. The number of rotatable bonds is 6. The Kier molecular flexibility index (Phi) is 5.68. The molecule has 0 radical (unpaired) electrons. The molecule has 0 saturated heterocycles. The van der Waals surface area contributed by atoms with Crippen molar-refractivity contribution < 1.29 is 0 Å². The van der Waals surface area contributed by atoms with Crippen LogP contribution in [-0.4, -0.2) is 6.54 Å². The lowest BCUT2D eigenvalue weighted by Crippen LogP contribution is -2.24. The normalized spacial score (nSPS) is 15.8. The highest BCUT2D eigenvalue weighted by Crippen LogP contribution is 2.31. The van der Waals surface area contributed by atoms with Crippen molar-refractivity contribution in [3.63, 3.8) is 0 Å². The minimum absolute atomic E-state index is 0.435. The summed E-state index contributed by atoms with van der Waals surface area (Å²) in [6.07, 6.45) is 2.53. The summed E-state index contributed by atoms with van der Waals surface area (Å²) in [6, 6.07) is 2.78. The van der Waals surface area contributed by atoms with E-state index < -0.39 is 0 Å². The topological polar surface area (TPSA) is 12.0 Å². The number of thiophene rings is 1. The minimum Gasteiger partial charge on any atom is -0.310 e. The van der Waals surface area contributed by atoms with Crippen molar-refractivity contribution in [3.05, 3.63) is 22.4 Å². The van der Waals surface area contributed by atoms with E-state index in [1.165, 1.54) is 18.4 Å². The SMILES string of the molecule is CCNC(CC(C)CC(C)(C)C)c1ccsc1. The van der Waals surface area contributed by atoms with Crippen LogP contribution in [0.5, 0.6) is 0 Å². The van der Waals surface area contributed by atoms with E-state index >= 15 is 0 Å². The summed E-state index contributed by atoms with van der Waals surface area (Å²) in [7, 11) is 0. The lowest BCUT2D eigenvalue weighted by molar-refractivity contribution is 0.277. The summed E-state index contributed by atoms with van der Waals surface area (Å²) >= 11 is 1.79. The third-order valence-corrected chi connectivity index (χ3v) is 3.70. The molecule has 2 atom stereocenters. The van der Waals surface area contributed by atoms with E-state index in [9.17, 15) is 0 Å². The van der Waals surface area contributed by atoms with Crippen LogP contribution in [0.25, 0.3) is 0 Å². The molecule has 2 heteroatoms. The average Bonchev–Trinajstić information content (AvgIpc) is 2.66. The molecule has 2 unspecified atom stereocenters. The first-order chi connectivity index (χ1) is 7.92. The van der Waals surface area contributed by atoms with Gasteiger partial charge in [-0.15, -0.1) is 0 Å². The van der Waals surface area contributed by atoms with Crippen molar-refractivity contribution in [2.75, 3.05) is 6.54 Å². The highest BCUT2D eigenvalue weighted by molar-refractivity contribution is 7.07. The molecule has 1 rings (SSSR count). The average molecular weight is 253 g/mol. The smallest absolute Gasteiger partial charge is 0.0330 e. The molecule has 0 saturated carbocycles. The third kappa shape index (κ3) is 5.69.